The molecule has 4 aliphatic heterocycles. The van der Waals surface area contributed by atoms with E-state index >= 15 is 0 Å². The first kappa shape index (κ1) is 24.7. The van der Waals surface area contributed by atoms with E-state index in [-0.39, 0.29) is 22.9 Å². The van der Waals surface area contributed by atoms with Crippen molar-refractivity contribution in [3.63, 3.8) is 0 Å². The summed E-state index contributed by atoms with van der Waals surface area (Å²) in [7, 11) is 1.47. The van der Waals surface area contributed by atoms with E-state index in [0.717, 1.165) is 0 Å². The topological polar surface area (TPSA) is 170 Å². The molecule has 0 unspecified atom stereocenters. The highest BCUT2D eigenvalue weighted by molar-refractivity contribution is 6.31. The highest BCUT2D eigenvalue weighted by Crippen LogP contribution is 2.33. The second kappa shape index (κ2) is 9.82. The molecule has 4 aliphatic rings. The zero-order chi connectivity index (χ0) is 27.0. The fourth-order valence-corrected chi connectivity index (χ4v) is 4.00. The molecule has 0 spiro atoms. The summed E-state index contributed by atoms with van der Waals surface area (Å²) in [6.07, 6.45) is 0. The van der Waals surface area contributed by atoms with E-state index in [0.29, 0.717) is 45.1 Å². The van der Waals surface area contributed by atoms with E-state index in [9.17, 15) is 19.2 Å². The first-order valence-corrected chi connectivity index (χ1v) is 11.5. The molecule has 0 aliphatic carbocycles. The molecule has 0 aromatic heterocycles. The van der Waals surface area contributed by atoms with Crippen molar-refractivity contribution in [3.05, 3.63) is 89.2 Å². The number of hydrogen-bond acceptors (Lipinski definition) is 10. The molecule has 0 atom stereocenters. The van der Waals surface area contributed by atoms with E-state index < -0.39 is 22.5 Å². The number of aromatic nitrogens is 4. The molecule has 0 radical (unpaired) electrons. The number of hydrogen-bond donors (Lipinski definition) is 2. The largest absolute Gasteiger partial charge is 0.493 e. The zero-order valence-corrected chi connectivity index (χ0v) is 20.5. The van der Waals surface area contributed by atoms with Crippen LogP contribution >= 0.6 is 11.6 Å². The highest BCUT2D eigenvalue weighted by atomic mass is 35.5. The monoisotopic (exact) mass is 536 g/mol. The lowest BCUT2D eigenvalue weighted by molar-refractivity contribution is 0.338. The van der Waals surface area contributed by atoms with Crippen LogP contribution in [0.2, 0.25) is 5.02 Å². The molecule has 2 aromatic rings. The van der Waals surface area contributed by atoms with Crippen LogP contribution in [0.25, 0.3) is 44.8 Å². The van der Waals surface area contributed by atoms with Crippen LogP contribution in [0.1, 0.15) is 6.92 Å². The van der Waals surface area contributed by atoms with Gasteiger partial charge in [0.15, 0.2) is 22.7 Å². The molecule has 2 aromatic carbocycles. The van der Waals surface area contributed by atoms with Crippen LogP contribution in [0.3, 0.4) is 0 Å². The van der Waals surface area contributed by atoms with Crippen molar-refractivity contribution < 1.29 is 18.3 Å². The molecule has 0 bridgehead atoms. The van der Waals surface area contributed by atoms with Gasteiger partial charge in [-0.25, -0.2) is 9.59 Å². The Morgan fingerprint density at radius 1 is 0.816 bits per heavy atom. The summed E-state index contributed by atoms with van der Waals surface area (Å²) in [5.41, 5.74) is -1.30. The first-order chi connectivity index (χ1) is 18.3. The maximum absolute atomic E-state index is 11.7. The molecule has 38 heavy (non-hydrogen) atoms. The third-order valence-electron chi connectivity index (χ3n) is 5.37. The predicted molar refractivity (Wildman–Crippen MR) is 138 cm³/mol. The lowest BCUT2D eigenvalue weighted by atomic mass is 10.1. The minimum Gasteiger partial charge on any atom is -0.493 e. The van der Waals surface area contributed by atoms with E-state index in [1.165, 1.54) is 7.11 Å². The maximum atomic E-state index is 11.7. The van der Waals surface area contributed by atoms with Crippen molar-refractivity contribution in [1.82, 2.24) is 19.9 Å². The van der Waals surface area contributed by atoms with E-state index in [1.54, 1.807) is 42.5 Å². The second-order valence-corrected chi connectivity index (χ2v) is 8.24. The van der Waals surface area contributed by atoms with Gasteiger partial charge in [0, 0.05) is 21.9 Å². The number of nitrogens with one attached hydrogen (secondary N) is 2. The van der Waals surface area contributed by atoms with Gasteiger partial charge < -0.3 is 18.3 Å². The summed E-state index contributed by atoms with van der Waals surface area (Å²) in [6.45, 7) is 2.35. The highest BCUT2D eigenvalue weighted by Gasteiger charge is 2.17. The number of nitrogens with zero attached hydrogens (tertiary/aromatic N) is 2. The Bertz CT molecular complexity index is 1990. The molecule has 12 nitrogen and oxygen atoms in total. The number of methoxy groups -OCH3 is 1. The fraction of sp³-hybridized carbons (Fsp3) is 0.120. The van der Waals surface area contributed by atoms with Gasteiger partial charge in [-0.1, -0.05) is 23.7 Å². The number of rotatable bonds is 3. The van der Waals surface area contributed by atoms with Gasteiger partial charge in [-0.2, -0.15) is 9.97 Å². The molecular weight excluding hydrogens is 520 g/mol. The number of H-pyrrole nitrogens is 2. The molecule has 13 heteroatoms. The number of fused-ring (bicyclic) bond motifs is 4. The predicted octanol–water partition coefficient (Wildman–Crippen LogP) is 3.02. The Balaban J connectivity index is 0.000000155. The minimum absolute atomic E-state index is 0.00778. The van der Waals surface area contributed by atoms with E-state index in [4.69, 9.17) is 29.9 Å². The van der Waals surface area contributed by atoms with Crippen LogP contribution in [0.5, 0.6) is 11.5 Å². The lowest BCUT2D eigenvalue weighted by Crippen LogP contribution is -2.24. The normalized spacial score (nSPS) is 11.0. The molecule has 2 N–H and O–H groups in total. The van der Waals surface area contributed by atoms with Crippen molar-refractivity contribution in [2.75, 3.05) is 13.7 Å². The van der Waals surface area contributed by atoms with Gasteiger partial charge in [0.25, 0.3) is 11.1 Å². The molecule has 6 rings (SSSR count). The second-order valence-electron chi connectivity index (χ2n) is 7.81. The molecule has 0 saturated heterocycles. The average Bonchev–Trinajstić information content (AvgIpc) is 2.87. The summed E-state index contributed by atoms with van der Waals surface area (Å²) >= 11 is 5.95. The number of halogens is 1. The third-order valence-corrected chi connectivity index (χ3v) is 5.59. The number of benzene rings is 2. The summed E-state index contributed by atoms with van der Waals surface area (Å²) in [5, 5.41) is 1.75. The molecule has 0 saturated carbocycles. The Hall–Kier alpha value is -4.97. The third kappa shape index (κ3) is 4.60. The molecule has 4 heterocycles. The Kier molecular flexibility index (Phi) is 6.39. The van der Waals surface area contributed by atoms with Crippen molar-refractivity contribution >= 4 is 33.5 Å². The minimum atomic E-state index is -0.756. The van der Waals surface area contributed by atoms with Crippen LogP contribution in [0.15, 0.2) is 70.5 Å². The van der Waals surface area contributed by atoms with Crippen molar-refractivity contribution in [3.8, 4) is 34.4 Å². The van der Waals surface area contributed by atoms with Gasteiger partial charge in [0.2, 0.25) is 11.8 Å². The van der Waals surface area contributed by atoms with Crippen molar-refractivity contribution in [1.29, 1.82) is 0 Å². The Labute approximate surface area is 216 Å². The van der Waals surface area contributed by atoms with Crippen LogP contribution in [0.4, 0.5) is 0 Å². The van der Waals surface area contributed by atoms with Crippen molar-refractivity contribution in [2.45, 2.75) is 6.92 Å². The fourth-order valence-electron chi connectivity index (χ4n) is 3.78. The van der Waals surface area contributed by atoms with Crippen LogP contribution < -0.4 is 32.0 Å². The van der Waals surface area contributed by atoms with Gasteiger partial charge in [-0.05, 0) is 31.2 Å². The van der Waals surface area contributed by atoms with Gasteiger partial charge in [0.05, 0.1) is 13.7 Å². The van der Waals surface area contributed by atoms with Crippen molar-refractivity contribution in [2.24, 2.45) is 0 Å². The number of para-hydroxylation sites is 1. The molecule has 0 amide bonds. The van der Waals surface area contributed by atoms with Crippen LogP contribution in [0, 0.1) is 0 Å². The Morgan fingerprint density at radius 3 is 1.97 bits per heavy atom. The molecular formula is C25H17ClN4O8. The van der Waals surface area contributed by atoms with Gasteiger partial charge >= 0.3 is 11.4 Å². The zero-order valence-electron chi connectivity index (χ0n) is 19.8. The smallest absolute Gasteiger partial charge is 0.351 e. The average molecular weight is 537 g/mol. The SMILES string of the molecule is CCOc1cccc2cc3c(=O)[nH]c(=O)nc-3oc12.COc1cc(Cl)cc2cc3c(=O)[nH]c(=O)nc-3oc12. The van der Waals surface area contributed by atoms with Gasteiger partial charge in [-0.15, -0.1) is 0 Å². The summed E-state index contributed by atoms with van der Waals surface area (Å²) in [4.78, 5) is 57.1. The van der Waals surface area contributed by atoms with Gasteiger partial charge in [0.1, 0.15) is 11.1 Å². The molecule has 192 valence electrons. The van der Waals surface area contributed by atoms with E-state index in [2.05, 4.69) is 19.9 Å². The summed E-state index contributed by atoms with van der Waals surface area (Å²) in [6, 6.07) is 11.7. The quantitative estimate of drug-likeness (QED) is 0.320. The standard InChI is InChI=1S/C13H10N2O4.C12H7ClN2O4/c1-2-18-9-5-3-4-7-6-8-11(16)14-13(17)15-12(8)19-10(7)9;1-18-8-4-6(13)2-5-3-7-10(16)14-12(17)15-11(7)19-9(5)8/h3-6H,2H2,1H3,(H,14,16,17);2-4H,1H3,(H,14,16,17). The maximum Gasteiger partial charge on any atom is 0.351 e. The molecule has 0 fully saturated rings. The Morgan fingerprint density at radius 2 is 1.39 bits per heavy atom. The van der Waals surface area contributed by atoms with Crippen LogP contribution in [-0.4, -0.2) is 33.7 Å². The summed E-state index contributed by atoms with van der Waals surface area (Å²) in [5.74, 6) is 0.922. The first-order valence-electron chi connectivity index (χ1n) is 11.1. The number of aromatic amines is 2. The lowest BCUT2D eigenvalue weighted by Gasteiger charge is -2.08. The number of ether oxygens (including phenoxy) is 2. The van der Waals surface area contributed by atoms with E-state index in [1.807, 2.05) is 6.92 Å². The van der Waals surface area contributed by atoms with Crippen LogP contribution in [-0.2, 0) is 0 Å². The summed E-state index contributed by atoms with van der Waals surface area (Å²) < 4.78 is 21.6. The van der Waals surface area contributed by atoms with Gasteiger partial charge in [-0.3, -0.25) is 19.6 Å².